The number of likely N-dealkylation sites (tertiary alicyclic amines) is 1. The van der Waals surface area contributed by atoms with E-state index in [9.17, 15) is 9.90 Å². The predicted molar refractivity (Wildman–Crippen MR) is 97.9 cm³/mol. The van der Waals surface area contributed by atoms with Crippen molar-refractivity contribution in [3.8, 4) is 11.5 Å². The van der Waals surface area contributed by atoms with Crippen molar-refractivity contribution in [3.05, 3.63) is 53.9 Å². The first kappa shape index (κ1) is 18.0. The first-order valence-corrected chi connectivity index (χ1v) is 8.74. The second-order valence-corrected chi connectivity index (χ2v) is 6.45. The molecule has 138 valence electrons. The Labute approximate surface area is 153 Å². The van der Waals surface area contributed by atoms with E-state index in [0.717, 1.165) is 24.1 Å². The highest BCUT2D eigenvalue weighted by Crippen LogP contribution is 2.40. The van der Waals surface area contributed by atoms with Crippen LogP contribution >= 0.6 is 0 Å². The molecule has 1 aromatic carbocycles. The average Bonchev–Trinajstić information content (AvgIpc) is 2.69. The number of aromatic nitrogens is 1. The Morgan fingerprint density at radius 1 is 1.15 bits per heavy atom. The molecule has 6 nitrogen and oxygen atoms in total. The molecule has 0 radical (unpaired) electrons. The average molecular weight is 356 g/mol. The predicted octanol–water partition coefficient (Wildman–Crippen LogP) is 3.62. The van der Waals surface area contributed by atoms with Crippen LogP contribution in [0.4, 0.5) is 4.79 Å². The highest BCUT2D eigenvalue weighted by atomic mass is 16.5. The van der Waals surface area contributed by atoms with Gasteiger partial charge in [0, 0.05) is 30.9 Å². The summed E-state index contributed by atoms with van der Waals surface area (Å²) < 4.78 is 10.8. The van der Waals surface area contributed by atoms with E-state index in [4.69, 9.17) is 9.47 Å². The monoisotopic (exact) mass is 356 g/mol. The SMILES string of the molecule is COc1ccc([C@@H](c2ccccn2)C2CCN(C(=O)O)CC2)cc1OC. The maximum atomic E-state index is 11.2. The van der Waals surface area contributed by atoms with Crippen LogP contribution in [0.25, 0.3) is 0 Å². The number of hydrogen-bond donors (Lipinski definition) is 1. The molecule has 0 saturated carbocycles. The minimum Gasteiger partial charge on any atom is -0.493 e. The van der Waals surface area contributed by atoms with Gasteiger partial charge in [0.2, 0.25) is 0 Å². The molecule has 1 N–H and O–H groups in total. The Bertz CT molecular complexity index is 743. The second kappa shape index (κ2) is 8.08. The highest BCUT2D eigenvalue weighted by molar-refractivity contribution is 5.65. The number of methoxy groups -OCH3 is 2. The van der Waals surface area contributed by atoms with Crippen LogP contribution in [0.1, 0.15) is 30.0 Å². The summed E-state index contributed by atoms with van der Waals surface area (Å²) >= 11 is 0. The van der Waals surface area contributed by atoms with Gasteiger partial charge in [0.05, 0.1) is 14.2 Å². The number of carbonyl (C=O) groups is 1. The van der Waals surface area contributed by atoms with E-state index >= 15 is 0 Å². The Morgan fingerprint density at radius 3 is 2.46 bits per heavy atom. The van der Waals surface area contributed by atoms with Crippen molar-refractivity contribution in [2.45, 2.75) is 18.8 Å². The fraction of sp³-hybridized carbons (Fsp3) is 0.400. The number of pyridine rings is 1. The van der Waals surface area contributed by atoms with Gasteiger partial charge in [-0.05, 0) is 48.6 Å². The molecule has 0 aliphatic carbocycles. The number of rotatable bonds is 5. The summed E-state index contributed by atoms with van der Waals surface area (Å²) in [6, 6.07) is 11.9. The largest absolute Gasteiger partial charge is 0.493 e. The zero-order chi connectivity index (χ0) is 18.5. The summed E-state index contributed by atoms with van der Waals surface area (Å²) in [7, 11) is 3.25. The minimum atomic E-state index is -0.844. The van der Waals surface area contributed by atoms with Gasteiger partial charge in [0.15, 0.2) is 11.5 Å². The first-order chi connectivity index (χ1) is 12.6. The fourth-order valence-corrected chi connectivity index (χ4v) is 3.71. The Morgan fingerprint density at radius 2 is 1.88 bits per heavy atom. The van der Waals surface area contributed by atoms with Crippen molar-refractivity contribution in [1.29, 1.82) is 0 Å². The van der Waals surface area contributed by atoms with E-state index < -0.39 is 6.09 Å². The van der Waals surface area contributed by atoms with Crippen LogP contribution in [-0.2, 0) is 0 Å². The van der Waals surface area contributed by atoms with Gasteiger partial charge in [0.25, 0.3) is 0 Å². The van der Waals surface area contributed by atoms with Crippen molar-refractivity contribution in [1.82, 2.24) is 9.88 Å². The number of benzene rings is 1. The zero-order valence-corrected chi connectivity index (χ0v) is 15.1. The topological polar surface area (TPSA) is 71.9 Å². The van der Waals surface area contributed by atoms with E-state index in [0.29, 0.717) is 30.5 Å². The van der Waals surface area contributed by atoms with Crippen molar-refractivity contribution < 1.29 is 19.4 Å². The van der Waals surface area contributed by atoms with Crippen molar-refractivity contribution in [3.63, 3.8) is 0 Å². The molecule has 2 aromatic rings. The number of hydrogen-bond acceptors (Lipinski definition) is 4. The molecule has 1 fully saturated rings. The zero-order valence-electron chi connectivity index (χ0n) is 15.1. The lowest BCUT2D eigenvalue weighted by Crippen LogP contribution is -2.39. The first-order valence-electron chi connectivity index (χ1n) is 8.74. The molecule has 3 rings (SSSR count). The normalized spacial score (nSPS) is 16.2. The Hall–Kier alpha value is -2.76. The van der Waals surface area contributed by atoms with Gasteiger partial charge in [-0.15, -0.1) is 0 Å². The van der Waals surface area contributed by atoms with Crippen LogP contribution in [0.3, 0.4) is 0 Å². The van der Waals surface area contributed by atoms with Crippen LogP contribution in [-0.4, -0.2) is 48.4 Å². The Balaban J connectivity index is 1.94. The molecule has 1 aliphatic rings. The Kier molecular flexibility index (Phi) is 5.61. The summed E-state index contributed by atoms with van der Waals surface area (Å²) in [5.41, 5.74) is 2.10. The molecule has 0 spiro atoms. The lowest BCUT2D eigenvalue weighted by Gasteiger charge is -2.35. The van der Waals surface area contributed by atoms with E-state index in [1.54, 1.807) is 20.4 Å². The van der Waals surface area contributed by atoms with Crippen LogP contribution in [0.2, 0.25) is 0 Å². The third-order valence-electron chi connectivity index (χ3n) is 5.05. The number of nitrogens with zero attached hydrogens (tertiary/aromatic N) is 2. The van der Waals surface area contributed by atoms with Crippen molar-refractivity contribution in [2.24, 2.45) is 5.92 Å². The van der Waals surface area contributed by atoms with E-state index in [2.05, 4.69) is 4.98 Å². The molecule has 0 bridgehead atoms. The summed E-state index contributed by atoms with van der Waals surface area (Å²) in [6.45, 7) is 1.10. The fourth-order valence-electron chi connectivity index (χ4n) is 3.71. The van der Waals surface area contributed by atoms with Gasteiger partial charge < -0.3 is 19.5 Å². The number of amides is 1. The number of piperidine rings is 1. The molecule has 1 amide bonds. The maximum Gasteiger partial charge on any atom is 0.407 e. The summed E-state index contributed by atoms with van der Waals surface area (Å²) in [6.07, 6.45) is 2.57. The van der Waals surface area contributed by atoms with Crippen molar-refractivity contribution in [2.75, 3.05) is 27.3 Å². The molecule has 6 heteroatoms. The molecule has 1 saturated heterocycles. The third-order valence-corrected chi connectivity index (χ3v) is 5.05. The van der Waals surface area contributed by atoms with Crippen LogP contribution in [0.5, 0.6) is 11.5 Å². The third kappa shape index (κ3) is 3.74. The van der Waals surface area contributed by atoms with E-state index in [1.807, 2.05) is 36.4 Å². The second-order valence-electron chi connectivity index (χ2n) is 6.45. The van der Waals surface area contributed by atoms with Gasteiger partial charge >= 0.3 is 6.09 Å². The van der Waals surface area contributed by atoms with Gasteiger partial charge in [-0.3, -0.25) is 4.98 Å². The molecule has 1 aliphatic heterocycles. The van der Waals surface area contributed by atoms with Crippen LogP contribution in [0, 0.1) is 5.92 Å². The number of ether oxygens (including phenoxy) is 2. The quantitative estimate of drug-likeness (QED) is 0.886. The molecule has 0 unspecified atom stereocenters. The summed E-state index contributed by atoms with van der Waals surface area (Å²) in [5.74, 6) is 1.79. The molecule has 1 atom stereocenters. The van der Waals surface area contributed by atoms with Crippen LogP contribution < -0.4 is 9.47 Å². The van der Waals surface area contributed by atoms with Gasteiger partial charge in [-0.25, -0.2) is 4.79 Å². The summed E-state index contributed by atoms with van der Waals surface area (Å²) in [5, 5.41) is 9.21. The summed E-state index contributed by atoms with van der Waals surface area (Å²) in [4.78, 5) is 17.3. The van der Waals surface area contributed by atoms with Gasteiger partial charge in [-0.1, -0.05) is 12.1 Å². The van der Waals surface area contributed by atoms with E-state index in [-0.39, 0.29) is 5.92 Å². The van der Waals surface area contributed by atoms with Crippen LogP contribution in [0.15, 0.2) is 42.6 Å². The maximum absolute atomic E-state index is 11.2. The standard InChI is InChI=1S/C20H24N2O4/c1-25-17-7-6-15(13-18(17)26-2)19(16-5-3-4-10-21-16)14-8-11-22(12-9-14)20(23)24/h3-7,10,13-14,19H,8-9,11-12H2,1-2H3,(H,23,24)/t19-/m0/s1. The molecule has 1 aromatic heterocycles. The molecule has 26 heavy (non-hydrogen) atoms. The lowest BCUT2D eigenvalue weighted by atomic mass is 9.78. The molecular weight excluding hydrogens is 332 g/mol. The molecule has 2 heterocycles. The van der Waals surface area contributed by atoms with Gasteiger partial charge in [-0.2, -0.15) is 0 Å². The smallest absolute Gasteiger partial charge is 0.407 e. The lowest BCUT2D eigenvalue weighted by molar-refractivity contribution is 0.121. The van der Waals surface area contributed by atoms with Crippen molar-refractivity contribution >= 4 is 6.09 Å². The highest BCUT2D eigenvalue weighted by Gasteiger charge is 2.31. The van der Waals surface area contributed by atoms with Gasteiger partial charge in [0.1, 0.15) is 0 Å². The number of carboxylic acid groups (broad SMARTS) is 1. The molecular formula is C20H24N2O4. The minimum absolute atomic E-state index is 0.0898. The van der Waals surface area contributed by atoms with E-state index in [1.165, 1.54) is 4.90 Å².